The first-order valence-corrected chi connectivity index (χ1v) is 15.4. The van der Waals surface area contributed by atoms with Crippen LogP contribution in [0.2, 0.25) is 0 Å². The zero-order valence-corrected chi connectivity index (χ0v) is 25.9. The van der Waals surface area contributed by atoms with E-state index >= 15 is 0 Å². The molecule has 0 saturated carbocycles. The van der Waals surface area contributed by atoms with Gasteiger partial charge in [0.1, 0.15) is 18.3 Å². The van der Waals surface area contributed by atoms with Crippen LogP contribution in [0.15, 0.2) is 71.6 Å². The van der Waals surface area contributed by atoms with Crippen molar-refractivity contribution >= 4 is 33.2 Å². The number of hydrogen-bond donors (Lipinski definition) is 1. The number of nitrogens with zero attached hydrogens (tertiary/aromatic N) is 3. The van der Waals surface area contributed by atoms with Crippen LogP contribution in [-0.2, 0) is 26.2 Å². The van der Waals surface area contributed by atoms with Gasteiger partial charge in [0.15, 0.2) is 0 Å². The Kier molecular flexibility index (Phi) is 11.2. The van der Waals surface area contributed by atoms with Gasteiger partial charge >= 0.3 is 0 Å². The van der Waals surface area contributed by atoms with Crippen LogP contribution in [0.1, 0.15) is 43.4 Å². The second-order valence-corrected chi connectivity index (χ2v) is 12.0. The Labute approximate surface area is 252 Å². The van der Waals surface area contributed by atoms with E-state index in [0.29, 0.717) is 17.9 Å². The Morgan fingerprint density at radius 1 is 1.02 bits per heavy atom. The zero-order valence-electron chi connectivity index (χ0n) is 25.1. The molecule has 3 rings (SSSR count). The highest BCUT2D eigenvalue weighted by atomic mass is 32.2. The minimum absolute atomic E-state index is 0.0698. The lowest BCUT2D eigenvalue weighted by molar-refractivity contribution is -0.385. The molecule has 0 saturated heterocycles. The lowest BCUT2D eigenvalue weighted by atomic mass is 10.1. The SMILES string of the molecule is CCCCNC(=O)C(C)N(Cc1ccccc1C)C(=O)CN(c1ccc(OC)cc1)S(=O)(=O)c1ccc(C)c([N+](=O)[O-])c1. The minimum Gasteiger partial charge on any atom is -0.497 e. The molecule has 0 aliphatic heterocycles. The Bertz CT molecular complexity index is 1560. The van der Waals surface area contributed by atoms with Crippen molar-refractivity contribution < 1.29 is 27.7 Å². The Balaban J connectivity index is 2.08. The van der Waals surface area contributed by atoms with E-state index in [-0.39, 0.29) is 28.7 Å². The van der Waals surface area contributed by atoms with Gasteiger partial charge in [-0.05, 0) is 68.7 Å². The number of amides is 2. The number of unbranched alkanes of at least 4 members (excludes halogenated alkanes) is 1. The predicted octanol–water partition coefficient (Wildman–Crippen LogP) is 4.75. The van der Waals surface area contributed by atoms with E-state index in [2.05, 4.69) is 5.32 Å². The van der Waals surface area contributed by atoms with Gasteiger partial charge in [0.05, 0.1) is 22.6 Å². The normalized spacial score (nSPS) is 11.8. The number of carbonyl (C=O) groups excluding carboxylic acids is 2. The van der Waals surface area contributed by atoms with Crippen molar-refractivity contribution in [1.82, 2.24) is 10.2 Å². The van der Waals surface area contributed by atoms with Crippen molar-refractivity contribution in [2.75, 3.05) is 24.5 Å². The van der Waals surface area contributed by atoms with Gasteiger partial charge in [0.2, 0.25) is 11.8 Å². The van der Waals surface area contributed by atoms with E-state index in [1.54, 1.807) is 19.1 Å². The Morgan fingerprint density at radius 3 is 2.30 bits per heavy atom. The first kappa shape index (κ1) is 33.1. The number of ether oxygens (including phenoxy) is 1. The number of benzene rings is 3. The van der Waals surface area contributed by atoms with Crippen molar-refractivity contribution in [3.05, 3.63) is 93.5 Å². The quantitative estimate of drug-likeness (QED) is 0.158. The number of nitrogens with one attached hydrogen (secondary N) is 1. The summed E-state index contributed by atoms with van der Waals surface area (Å²) in [5, 5.41) is 14.4. The van der Waals surface area contributed by atoms with Gasteiger partial charge in [-0.3, -0.25) is 24.0 Å². The maximum Gasteiger partial charge on any atom is 0.273 e. The van der Waals surface area contributed by atoms with E-state index in [1.807, 2.05) is 38.1 Å². The fraction of sp³-hybridized carbons (Fsp3) is 0.355. The van der Waals surface area contributed by atoms with E-state index in [1.165, 1.54) is 43.2 Å². The highest BCUT2D eigenvalue weighted by Crippen LogP contribution is 2.29. The first-order valence-electron chi connectivity index (χ1n) is 13.9. The first-order chi connectivity index (χ1) is 20.4. The van der Waals surface area contributed by atoms with E-state index in [9.17, 15) is 28.1 Å². The molecule has 0 radical (unpaired) electrons. The summed E-state index contributed by atoms with van der Waals surface area (Å²) < 4.78 is 34.2. The van der Waals surface area contributed by atoms with Gasteiger partial charge in [0.25, 0.3) is 15.7 Å². The number of aryl methyl sites for hydroxylation is 2. The van der Waals surface area contributed by atoms with Crippen LogP contribution in [0.4, 0.5) is 11.4 Å². The third kappa shape index (κ3) is 8.10. The third-order valence-electron chi connectivity index (χ3n) is 7.20. The number of methoxy groups -OCH3 is 1. The molecule has 3 aromatic rings. The monoisotopic (exact) mass is 610 g/mol. The molecule has 43 heavy (non-hydrogen) atoms. The van der Waals surface area contributed by atoms with Gasteiger partial charge < -0.3 is 15.0 Å². The van der Waals surface area contributed by atoms with Crippen LogP contribution in [-0.4, -0.2) is 56.3 Å². The summed E-state index contributed by atoms with van der Waals surface area (Å²) in [7, 11) is -3.01. The van der Waals surface area contributed by atoms with E-state index in [4.69, 9.17) is 4.74 Å². The predicted molar refractivity (Wildman–Crippen MR) is 164 cm³/mol. The number of nitro groups is 1. The lowest BCUT2D eigenvalue weighted by Gasteiger charge is -2.32. The summed E-state index contributed by atoms with van der Waals surface area (Å²) in [5.41, 5.74) is 1.79. The summed E-state index contributed by atoms with van der Waals surface area (Å²) >= 11 is 0. The lowest BCUT2D eigenvalue weighted by Crippen LogP contribution is -2.51. The molecule has 1 N–H and O–H groups in total. The molecule has 0 aliphatic carbocycles. The van der Waals surface area contributed by atoms with Crippen molar-refractivity contribution in [3.63, 3.8) is 0 Å². The molecular formula is C31H38N4O7S. The van der Waals surface area contributed by atoms with E-state index in [0.717, 1.165) is 34.3 Å². The largest absolute Gasteiger partial charge is 0.497 e. The van der Waals surface area contributed by atoms with E-state index < -0.39 is 33.4 Å². The number of sulfonamides is 1. The highest BCUT2D eigenvalue weighted by Gasteiger charge is 2.33. The van der Waals surface area contributed by atoms with Crippen LogP contribution < -0.4 is 14.4 Å². The molecule has 12 heteroatoms. The summed E-state index contributed by atoms with van der Waals surface area (Å²) in [4.78, 5) is 39.1. The molecular weight excluding hydrogens is 572 g/mol. The molecule has 3 aromatic carbocycles. The maximum absolute atomic E-state index is 14.1. The van der Waals surface area contributed by atoms with Crippen molar-refractivity contribution in [3.8, 4) is 5.75 Å². The number of anilines is 1. The smallest absolute Gasteiger partial charge is 0.273 e. The summed E-state index contributed by atoms with van der Waals surface area (Å²) in [6.07, 6.45) is 1.66. The number of nitro benzene ring substituents is 1. The molecule has 1 unspecified atom stereocenters. The van der Waals surface area contributed by atoms with Crippen LogP contribution in [0.25, 0.3) is 0 Å². The molecule has 2 amide bonds. The summed E-state index contributed by atoms with van der Waals surface area (Å²) in [5.74, 6) is -0.511. The average molecular weight is 611 g/mol. The molecule has 0 fully saturated rings. The number of carbonyl (C=O) groups is 2. The second-order valence-electron chi connectivity index (χ2n) is 10.2. The molecule has 0 heterocycles. The molecule has 1 atom stereocenters. The summed E-state index contributed by atoms with van der Waals surface area (Å²) in [6, 6.07) is 16.2. The van der Waals surface area contributed by atoms with Gasteiger partial charge in [-0.1, -0.05) is 43.7 Å². The molecule has 0 aromatic heterocycles. The van der Waals surface area contributed by atoms with Gasteiger partial charge in [-0.15, -0.1) is 0 Å². The zero-order chi connectivity index (χ0) is 31.7. The molecule has 230 valence electrons. The molecule has 11 nitrogen and oxygen atoms in total. The fourth-order valence-electron chi connectivity index (χ4n) is 4.44. The minimum atomic E-state index is -4.48. The van der Waals surface area contributed by atoms with Crippen LogP contribution >= 0.6 is 0 Å². The maximum atomic E-state index is 14.1. The number of rotatable bonds is 14. The van der Waals surface area contributed by atoms with Crippen LogP contribution in [0.5, 0.6) is 5.75 Å². The van der Waals surface area contributed by atoms with Gasteiger partial charge in [-0.25, -0.2) is 8.42 Å². The van der Waals surface area contributed by atoms with Crippen LogP contribution in [0, 0.1) is 24.0 Å². The van der Waals surface area contributed by atoms with Crippen molar-refractivity contribution in [1.29, 1.82) is 0 Å². The average Bonchev–Trinajstić information content (AvgIpc) is 2.99. The Morgan fingerprint density at radius 2 is 1.70 bits per heavy atom. The second kappa shape index (κ2) is 14.6. The van der Waals surface area contributed by atoms with Crippen molar-refractivity contribution in [2.24, 2.45) is 0 Å². The summed E-state index contributed by atoms with van der Waals surface area (Å²) in [6.45, 7) is 6.87. The molecule has 0 spiro atoms. The molecule has 0 aliphatic rings. The Hall–Kier alpha value is -4.45. The van der Waals surface area contributed by atoms with Gasteiger partial charge in [-0.2, -0.15) is 0 Å². The van der Waals surface area contributed by atoms with Gasteiger partial charge in [0, 0.05) is 24.7 Å². The molecule has 0 bridgehead atoms. The highest BCUT2D eigenvalue weighted by molar-refractivity contribution is 7.92. The standard InChI is InChI=1S/C31H38N4O7S/c1-6-7-18-32-31(37)24(4)33(20-25-11-9-8-10-22(25)2)30(36)21-34(26-13-15-27(42-5)16-14-26)43(40,41)28-17-12-23(3)29(19-28)35(38)39/h8-17,19,24H,6-7,18,20-21H2,1-5H3,(H,32,37). The third-order valence-corrected chi connectivity index (χ3v) is 8.97. The fourth-order valence-corrected chi connectivity index (χ4v) is 5.88. The van der Waals surface area contributed by atoms with Crippen LogP contribution in [0.3, 0.4) is 0 Å². The topological polar surface area (TPSA) is 139 Å². The number of hydrogen-bond acceptors (Lipinski definition) is 7. The van der Waals surface area contributed by atoms with Crippen molar-refractivity contribution in [2.45, 2.75) is 58.0 Å².